The molecule has 1 aromatic rings. The van der Waals surface area contributed by atoms with Gasteiger partial charge in [-0.3, -0.25) is 0 Å². The van der Waals surface area contributed by atoms with Crippen LogP contribution in [-0.4, -0.2) is 18.3 Å². The zero-order valence-electron chi connectivity index (χ0n) is 8.42. The van der Waals surface area contributed by atoms with Gasteiger partial charge >= 0.3 is 0 Å². The van der Waals surface area contributed by atoms with Crippen molar-refractivity contribution in [2.24, 2.45) is 5.73 Å². The highest BCUT2D eigenvalue weighted by Crippen LogP contribution is 2.31. The molecule has 1 unspecified atom stereocenters. The smallest absolute Gasteiger partial charge is 0.0537 e. The molecule has 0 saturated carbocycles. The van der Waals surface area contributed by atoms with Gasteiger partial charge in [-0.25, -0.2) is 0 Å². The minimum Gasteiger partial charge on any atom is -0.395 e. The van der Waals surface area contributed by atoms with E-state index in [1.54, 1.807) is 11.3 Å². The fraction of sp³-hybridized carbons (Fsp3) is 0.600. The third kappa shape index (κ3) is 1.93. The van der Waals surface area contributed by atoms with E-state index in [4.69, 9.17) is 5.73 Å². The molecule has 1 rings (SSSR count). The van der Waals surface area contributed by atoms with Gasteiger partial charge in [0.15, 0.2) is 0 Å². The Morgan fingerprint density at radius 3 is 2.46 bits per heavy atom. The maximum Gasteiger partial charge on any atom is 0.0537 e. The Balaban J connectivity index is 3.11. The highest BCUT2D eigenvalue weighted by Gasteiger charge is 2.26. The first kappa shape index (κ1) is 10.7. The third-order valence-corrected chi connectivity index (χ3v) is 3.46. The Morgan fingerprint density at radius 2 is 2.15 bits per heavy atom. The van der Waals surface area contributed by atoms with Gasteiger partial charge in [-0.1, -0.05) is 6.92 Å². The topological polar surface area (TPSA) is 46.2 Å². The van der Waals surface area contributed by atoms with E-state index in [0.717, 1.165) is 0 Å². The van der Waals surface area contributed by atoms with E-state index in [0.29, 0.717) is 6.54 Å². The predicted octanol–water partition coefficient (Wildman–Crippen LogP) is 1.57. The van der Waals surface area contributed by atoms with Crippen LogP contribution in [0.15, 0.2) is 6.07 Å². The van der Waals surface area contributed by atoms with Gasteiger partial charge in [-0.05, 0) is 25.5 Å². The minimum absolute atomic E-state index is 0.112. The van der Waals surface area contributed by atoms with Crippen molar-refractivity contribution in [3.8, 4) is 0 Å². The van der Waals surface area contributed by atoms with Crippen molar-refractivity contribution < 1.29 is 5.11 Å². The van der Waals surface area contributed by atoms with Crippen LogP contribution in [0, 0.1) is 13.8 Å². The molecule has 3 N–H and O–H groups in total. The standard InChI is InChI=1S/C10H17NOS/c1-7-4-9(8(2)13-7)10(3,5-11)6-12/h4,12H,5-6,11H2,1-3H3. The van der Waals surface area contributed by atoms with Crippen molar-refractivity contribution in [1.82, 2.24) is 0 Å². The molecule has 1 heterocycles. The molecule has 0 saturated heterocycles. The molecule has 0 aliphatic carbocycles. The monoisotopic (exact) mass is 199 g/mol. The van der Waals surface area contributed by atoms with Crippen LogP contribution in [0.1, 0.15) is 22.2 Å². The second kappa shape index (κ2) is 3.78. The summed E-state index contributed by atoms with van der Waals surface area (Å²) in [4.78, 5) is 2.54. The van der Waals surface area contributed by atoms with Crippen LogP contribution < -0.4 is 5.73 Å². The lowest BCUT2D eigenvalue weighted by Crippen LogP contribution is -2.35. The molecular formula is C10H17NOS. The molecule has 0 fully saturated rings. The van der Waals surface area contributed by atoms with Crippen LogP contribution in [0.2, 0.25) is 0 Å². The van der Waals surface area contributed by atoms with Crippen molar-refractivity contribution >= 4 is 11.3 Å². The molecule has 0 bridgehead atoms. The van der Waals surface area contributed by atoms with Crippen molar-refractivity contribution in [2.75, 3.05) is 13.2 Å². The van der Waals surface area contributed by atoms with Crippen LogP contribution in [0.4, 0.5) is 0 Å². The number of thiophene rings is 1. The summed E-state index contributed by atoms with van der Waals surface area (Å²) in [5.41, 5.74) is 6.60. The van der Waals surface area contributed by atoms with Gasteiger partial charge in [0.2, 0.25) is 0 Å². The van der Waals surface area contributed by atoms with Crippen LogP contribution in [0.3, 0.4) is 0 Å². The number of hydrogen-bond donors (Lipinski definition) is 2. The van der Waals surface area contributed by atoms with Gasteiger partial charge in [-0.2, -0.15) is 0 Å². The molecule has 0 amide bonds. The molecule has 13 heavy (non-hydrogen) atoms. The van der Waals surface area contributed by atoms with Crippen LogP contribution >= 0.6 is 11.3 Å². The molecule has 74 valence electrons. The number of aliphatic hydroxyl groups excluding tert-OH is 1. The van der Waals surface area contributed by atoms with E-state index in [9.17, 15) is 5.11 Å². The summed E-state index contributed by atoms with van der Waals surface area (Å²) in [6, 6.07) is 2.13. The normalized spacial score (nSPS) is 15.8. The molecule has 3 heteroatoms. The zero-order chi connectivity index (χ0) is 10.1. The second-order valence-electron chi connectivity index (χ2n) is 3.75. The van der Waals surface area contributed by atoms with Crippen LogP contribution in [-0.2, 0) is 5.41 Å². The van der Waals surface area contributed by atoms with Crippen LogP contribution in [0.5, 0.6) is 0 Å². The average molecular weight is 199 g/mol. The Morgan fingerprint density at radius 1 is 1.54 bits per heavy atom. The Kier molecular flexibility index (Phi) is 3.11. The predicted molar refractivity (Wildman–Crippen MR) is 57.3 cm³/mol. The van der Waals surface area contributed by atoms with E-state index in [1.165, 1.54) is 15.3 Å². The van der Waals surface area contributed by atoms with E-state index in [2.05, 4.69) is 19.9 Å². The summed E-state index contributed by atoms with van der Waals surface area (Å²) in [7, 11) is 0. The molecule has 1 aromatic heterocycles. The lowest BCUT2D eigenvalue weighted by atomic mass is 9.83. The molecule has 0 aromatic carbocycles. The van der Waals surface area contributed by atoms with E-state index >= 15 is 0 Å². The molecule has 0 aliphatic rings. The summed E-state index contributed by atoms with van der Waals surface area (Å²) < 4.78 is 0. The Labute approximate surface area is 83.4 Å². The van der Waals surface area contributed by atoms with E-state index < -0.39 is 0 Å². The van der Waals surface area contributed by atoms with Gasteiger partial charge in [0.1, 0.15) is 0 Å². The fourth-order valence-corrected chi connectivity index (χ4v) is 2.56. The highest BCUT2D eigenvalue weighted by atomic mass is 32.1. The molecule has 0 aliphatic heterocycles. The first-order chi connectivity index (χ1) is 6.03. The van der Waals surface area contributed by atoms with Crippen molar-refractivity contribution in [2.45, 2.75) is 26.2 Å². The van der Waals surface area contributed by atoms with Crippen molar-refractivity contribution in [1.29, 1.82) is 0 Å². The average Bonchev–Trinajstić information content (AvgIpc) is 2.44. The van der Waals surface area contributed by atoms with E-state index in [1.807, 2.05) is 6.92 Å². The number of hydrogen-bond acceptors (Lipinski definition) is 3. The lowest BCUT2D eigenvalue weighted by Gasteiger charge is -2.25. The summed E-state index contributed by atoms with van der Waals surface area (Å²) in [5, 5.41) is 9.30. The largest absolute Gasteiger partial charge is 0.395 e. The van der Waals surface area contributed by atoms with Gasteiger partial charge in [0.05, 0.1) is 6.61 Å². The molecule has 1 atom stereocenters. The summed E-state index contributed by atoms with van der Waals surface area (Å²) >= 11 is 1.76. The summed E-state index contributed by atoms with van der Waals surface area (Å²) in [5.74, 6) is 0. The fourth-order valence-electron chi connectivity index (χ4n) is 1.49. The number of rotatable bonds is 3. The molecule has 0 spiro atoms. The lowest BCUT2D eigenvalue weighted by molar-refractivity contribution is 0.210. The first-order valence-corrected chi connectivity index (χ1v) is 5.23. The van der Waals surface area contributed by atoms with E-state index in [-0.39, 0.29) is 12.0 Å². The number of aliphatic hydroxyl groups is 1. The zero-order valence-corrected chi connectivity index (χ0v) is 9.24. The Bertz CT molecular complexity index is 289. The molecule has 0 radical (unpaired) electrons. The second-order valence-corrected chi connectivity index (χ2v) is 5.21. The van der Waals surface area contributed by atoms with Crippen LogP contribution in [0.25, 0.3) is 0 Å². The summed E-state index contributed by atoms with van der Waals surface area (Å²) in [6.45, 7) is 6.76. The van der Waals surface area contributed by atoms with Crippen molar-refractivity contribution in [3.05, 3.63) is 21.4 Å². The van der Waals surface area contributed by atoms with Gasteiger partial charge in [0, 0.05) is 21.7 Å². The highest BCUT2D eigenvalue weighted by molar-refractivity contribution is 7.12. The quantitative estimate of drug-likeness (QED) is 0.776. The van der Waals surface area contributed by atoms with Gasteiger partial charge < -0.3 is 10.8 Å². The first-order valence-electron chi connectivity index (χ1n) is 4.42. The Hall–Kier alpha value is -0.380. The number of nitrogens with two attached hydrogens (primary N) is 1. The number of aryl methyl sites for hydroxylation is 2. The minimum atomic E-state index is -0.269. The molecule has 2 nitrogen and oxygen atoms in total. The molecular weight excluding hydrogens is 182 g/mol. The maximum atomic E-state index is 9.30. The SMILES string of the molecule is Cc1cc(C(C)(CN)CO)c(C)s1. The third-order valence-electron chi connectivity index (χ3n) is 2.49. The van der Waals surface area contributed by atoms with Gasteiger partial charge in [0.25, 0.3) is 0 Å². The summed E-state index contributed by atoms with van der Waals surface area (Å²) in [6.07, 6.45) is 0. The van der Waals surface area contributed by atoms with Gasteiger partial charge in [-0.15, -0.1) is 11.3 Å². The maximum absolute atomic E-state index is 9.30. The van der Waals surface area contributed by atoms with Crippen molar-refractivity contribution in [3.63, 3.8) is 0 Å².